The number of fused-ring (bicyclic) bond motifs is 3. The minimum Gasteiger partial charge on any atom is -0.435 e. The number of carbonyl (C=O) groups excluding carboxylic acids is 1. The number of imidazole rings is 1. The summed E-state index contributed by atoms with van der Waals surface area (Å²) in [5, 5.41) is 0. The molecule has 0 saturated heterocycles. The molecule has 0 unspecified atom stereocenters. The number of amides is 1. The van der Waals surface area contributed by atoms with Gasteiger partial charge in [0.15, 0.2) is 5.82 Å². The van der Waals surface area contributed by atoms with E-state index in [9.17, 15) is 18.1 Å². The molecule has 0 spiro atoms. The predicted octanol–water partition coefficient (Wildman–Crippen LogP) is 4.66. The topological polar surface area (TPSA) is 140 Å². The van der Waals surface area contributed by atoms with Gasteiger partial charge in [-0.05, 0) is 56.2 Å². The van der Waals surface area contributed by atoms with Crippen LogP contribution in [0.3, 0.4) is 0 Å². The van der Waals surface area contributed by atoms with Crippen molar-refractivity contribution in [3.63, 3.8) is 0 Å². The molecule has 0 fully saturated rings. The third-order valence-corrected chi connectivity index (χ3v) is 7.36. The van der Waals surface area contributed by atoms with Gasteiger partial charge in [0.05, 0.1) is 17.1 Å². The SMILES string of the molecule is CN(C(=O)c1cccc(OC(F)F)c1)[C@@H]1CCn2c1nc1ccc(-c3cnc(C(C)(C)OP(=O)(O)O)nc3)cc12. The predicted molar refractivity (Wildman–Crippen MR) is 139 cm³/mol. The number of rotatable bonds is 8. The van der Waals surface area contributed by atoms with Crippen LogP contribution in [0.4, 0.5) is 8.78 Å². The highest BCUT2D eigenvalue weighted by molar-refractivity contribution is 7.46. The molecule has 2 N–H and O–H groups in total. The maximum absolute atomic E-state index is 13.2. The Morgan fingerprint density at radius 1 is 1.15 bits per heavy atom. The zero-order chi connectivity index (χ0) is 28.8. The Hall–Kier alpha value is -3.77. The van der Waals surface area contributed by atoms with Crippen molar-refractivity contribution in [2.24, 2.45) is 0 Å². The number of carbonyl (C=O) groups is 1. The number of ether oxygens (including phenoxy) is 1. The van der Waals surface area contributed by atoms with E-state index in [1.807, 2.05) is 22.8 Å². The van der Waals surface area contributed by atoms with Crippen LogP contribution in [0.15, 0.2) is 54.9 Å². The van der Waals surface area contributed by atoms with Gasteiger partial charge < -0.3 is 24.0 Å². The van der Waals surface area contributed by atoms with Crippen LogP contribution in [0.2, 0.25) is 0 Å². The van der Waals surface area contributed by atoms with Crippen LogP contribution >= 0.6 is 7.82 Å². The summed E-state index contributed by atoms with van der Waals surface area (Å²) >= 11 is 0. The van der Waals surface area contributed by atoms with Gasteiger partial charge in [-0.25, -0.2) is 19.5 Å². The van der Waals surface area contributed by atoms with Crippen LogP contribution in [0.1, 0.15) is 48.3 Å². The fraction of sp³-hybridized carbons (Fsp3) is 0.308. The summed E-state index contributed by atoms with van der Waals surface area (Å²) in [6, 6.07) is 11.0. The number of hydrogen-bond acceptors (Lipinski definition) is 7. The van der Waals surface area contributed by atoms with Gasteiger partial charge in [-0.2, -0.15) is 8.78 Å². The van der Waals surface area contributed by atoms with Crippen LogP contribution < -0.4 is 4.74 Å². The molecule has 14 heteroatoms. The lowest BCUT2D eigenvalue weighted by Gasteiger charge is -2.23. The molecule has 3 heterocycles. The van der Waals surface area contributed by atoms with Crippen molar-refractivity contribution in [1.29, 1.82) is 0 Å². The maximum Gasteiger partial charge on any atom is 0.470 e. The monoisotopic (exact) mass is 573 g/mol. The van der Waals surface area contributed by atoms with E-state index in [4.69, 9.17) is 19.3 Å². The zero-order valence-corrected chi connectivity index (χ0v) is 22.6. The summed E-state index contributed by atoms with van der Waals surface area (Å²) in [5.41, 5.74) is 1.92. The van der Waals surface area contributed by atoms with Crippen molar-refractivity contribution in [1.82, 2.24) is 24.4 Å². The van der Waals surface area contributed by atoms with E-state index in [1.165, 1.54) is 32.0 Å². The van der Waals surface area contributed by atoms with Crippen molar-refractivity contribution in [3.05, 3.63) is 72.1 Å². The Morgan fingerprint density at radius 2 is 1.88 bits per heavy atom. The maximum atomic E-state index is 13.2. The van der Waals surface area contributed by atoms with E-state index in [1.54, 1.807) is 30.4 Å². The summed E-state index contributed by atoms with van der Waals surface area (Å²) in [4.78, 5) is 46.3. The first kappa shape index (κ1) is 27.8. The number of halogens is 2. The lowest BCUT2D eigenvalue weighted by molar-refractivity contribution is -0.0499. The van der Waals surface area contributed by atoms with Gasteiger partial charge in [0.1, 0.15) is 17.2 Å². The summed E-state index contributed by atoms with van der Waals surface area (Å²) < 4.78 is 47.8. The molecule has 11 nitrogen and oxygen atoms in total. The molecule has 0 bridgehead atoms. The van der Waals surface area contributed by atoms with E-state index in [0.29, 0.717) is 24.4 Å². The number of aryl methyl sites for hydroxylation is 1. The average molecular weight is 573 g/mol. The largest absolute Gasteiger partial charge is 0.470 e. The molecule has 1 aliphatic heterocycles. The molecule has 2 aromatic carbocycles. The van der Waals surface area contributed by atoms with E-state index in [-0.39, 0.29) is 29.1 Å². The highest BCUT2D eigenvalue weighted by Gasteiger charge is 2.34. The van der Waals surface area contributed by atoms with Gasteiger partial charge in [0.2, 0.25) is 0 Å². The Labute approximate surface area is 227 Å². The summed E-state index contributed by atoms with van der Waals surface area (Å²) in [7, 11) is -3.08. The number of phosphoric ester groups is 1. The zero-order valence-electron chi connectivity index (χ0n) is 21.7. The number of nitrogens with zero attached hydrogens (tertiary/aromatic N) is 5. The normalized spacial score (nSPS) is 15.4. The Bertz CT molecular complexity index is 1620. The van der Waals surface area contributed by atoms with Crippen molar-refractivity contribution < 1.29 is 37.2 Å². The molecule has 210 valence electrons. The Morgan fingerprint density at radius 3 is 2.55 bits per heavy atom. The molecule has 2 aromatic heterocycles. The Balaban J connectivity index is 1.39. The summed E-state index contributed by atoms with van der Waals surface area (Å²) in [6.07, 6.45) is 3.73. The number of hydrogen-bond donors (Lipinski definition) is 2. The van der Waals surface area contributed by atoms with Gasteiger partial charge in [-0.3, -0.25) is 9.32 Å². The van der Waals surface area contributed by atoms with Gasteiger partial charge in [0, 0.05) is 37.1 Å². The molecule has 4 aromatic rings. The van der Waals surface area contributed by atoms with Crippen molar-refractivity contribution in [3.8, 4) is 16.9 Å². The lowest BCUT2D eigenvalue weighted by atomic mass is 10.1. The molecule has 0 radical (unpaired) electrons. The second-order valence-electron chi connectivity index (χ2n) is 9.84. The molecule has 1 atom stereocenters. The highest BCUT2D eigenvalue weighted by Crippen LogP contribution is 2.44. The Kier molecular flexibility index (Phi) is 7.17. The van der Waals surface area contributed by atoms with Crippen molar-refractivity contribution in [2.75, 3.05) is 7.05 Å². The third kappa shape index (κ3) is 5.59. The van der Waals surface area contributed by atoms with E-state index >= 15 is 0 Å². The van der Waals surface area contributed by atoms with E-state index in [2.05, 4.69) is 14.7 Å². The molecular weight excluding hydrogens is 547 g/mol. The second kappa shape index (κ2) is 10.3. The minimum absolute atomic E-state index is 0.0877. The highest BCUT2D eigenvalue weighted by atomic mass is 31.2. The van der Waals surface area contributed by atoms with Crippen LogP contribution in [-0.2, 0) is 21.2 Å². The fourth-order valence-electron chi connectivity index (χ4n) is 4.83. The van der Waals surface area contributed by atoms with Crippen molar-refractivity contribution >= 4 is 24.8 Å². The smallest absolute Gasteiger partial charge is 0.435 e. The fourth-order valence-corrected chi connectivity index (χ4v) is 5.51. The number of benzene rings is 2. The molecular formula is C26H26F2N5O6P. The van der Waals surface area contributed by atoms with Crippen LogP contribution in [0, 0.1) is 0 Å². The summed E-state index contributed by atoms with van der Waals surface area (Å²) in [6.45, 7) is 0.569. The first-order valence-electron chi connectivity index (χ1n) is 12.2. The first-order chi connectivity index (χ1) is 18.8. The van der Waals surface area contributed by atoms with Gasteiger partial charge >= 0.3 is 14.4 Å². The molecule has 5 rings (SSSR count). The van der Waals surface area contributed by atoms with Crippen LogP contribution in [0.5, 0.6) is 5.75 Å². The molecule has 1 aliphatic rings. The number of phosphoric acid groups is 1. The number of aromatic nitrogens is 4. The van der Waals surface area contributed by atoms with Crippen LogP contribution in [0.25, 0.3) is 22.2 Å². The van der Waals surface area contributed by atoms with Gasteiger partial charge in [0.25, 0.3) is 5.91 Å². The van der Waals surface area contributed by atoms with E-state index < -0.39 is 20.0 Å². The quantitative estimate of drug-likeness (QED) is 0.288. The lowest BCUT2D eigenvalue weighted by Crippen LogP contribution is -2.30. The van der Waals surface area contributed by atoms with E-state index in [0.717, 1.165) is 16.6 Å². The van der Waals surface area contributed by atoms with Crippen molar-refractivity contribution in [2.45, 2.75) is 45.1 Å². The average Bonchev–Trinajstić information content (AvgIpc) is 3.45. The second-order valence-corrected chi connectivity index (χ2v) is 11.0. The standard InChI is InChI=1S/C26H26F2N5O6P/c1-26(2,39-40(35,36)37)24-29-13-17(14-30-24)15-7-8-19-21(12-15)33-10-9-20(22(33)31-19)32(3)23(34)16-5-4-6-18(11-16)38-25(27)28/h4-8,11-14,20,25H,9-10H2,1-3H3,(H2,35,36,37)/t20-/m1/s1. The number of alkyl halides is 2. The molecule has 1 amide bonds. The first-order valence-corrected chi connectivity index (χ1v) is 13.8. The van der Waals surface area contributed by atoms with Gasteiger partial charge in [-0.15, -0.1) is 0 Å². The van der Waals surface area contributed by atoms with Crippen LogP contribution in [-0.4, -0.2) is 53.8 Å². The third-order valence-electron chi connectivity index (χ3n) is 6.67. The molecule has 0 saturated carbocycles. The summed E-state index contributed by atoms with van der Waals surface area (Å²) in [5.74, 6) is 0.405. The molecule has 0 aliphatic carbocycles. The van der Waals surface area contributed by atoms with Gasteiger partial charge in [-0.1, -0.05) is 12.1 Å². The minimum atomic E-state index is -4.74. The molecule has 40 heavy (non-hydrogen) atoms.